The summed E-state index contributed by atoms with van der Waals surface area (Å²) in [6.07, 6.45) is 1.62. The van der Waals surface area contributed by atoms with Gasteiger partial charge in [0.25, 0.3) is 0 Å². The van der Waals surface area contributed by atoms with Gasteiger partial charge in [-0.05, 0) is 29.7 Å². The van der Waals surface area contributed by atoms with Gasteiger partial charge in [-0.2, -0.15) is 5.26 Å². The number of ether oxygens (including phenoxy) is 2. The van der Waals surface area contributed by atoms with Crippen LogP contribution in [-0.2, 0) is 9.47 Å². The van der Waals surface area contributed by atoms with Crippen molar-refractivity contribution in [3.63, 3.8) is 0 Å². The van der Waals surface area contributed by atoms with E-state index in [0.717, 1.165) is 23.1 Å². The maximum Gasteiger partial charge on any atom is 0.337 e. The Morgan fingerprint density at radius 1 is 1.20 bits per heavy atom. The number of carbonyl (C=O) groups excluding carboxylic acids is 1. The largest absolute Gasteiger partial charge is 0.465 e. The number of nitrogens with zero attached hydrogens (tertiary/aromatic N) is 1. The number of methoxy groups -OCH3 is 2. The van der Waals surface area contributed by atoms with Crippen LogP contribution in [0.4, 0.5) is 0 Å². The molecule has 4 heteroatoms. The molecule has 0 amide bonds. The summed E-state index contributed by atoms with van der Waals surface area (Å²) in [5.74, 6) is -0.372. The molecular formula is C16H19NO3. The second kappa shape index (κ2) is 8.13. The zero-order valence-corrected chi connectivity index (χ0v) is 12.1. The molecule has 1 aromatic rings. The molecule has 0 aliphatic heterocycles. The minimum Gasteiger partial charge on any atom is -0.465 e. The fraction of sp³-hybridized carbons (Fsp3) is 0.375. The molecule has 0 atom stereocenters. The highest BCUT2D eigenvalue weighted by molar-refractivity contribution is 5.89. The SMILES string of the molecule is CCC/C(C#N)=C(\COC)c1ccc(C(=O)OC)cc1. The summed E-state index contributed by atoms with van der Waals surface area (Å²) >= 11 is 0. The summed E-state index contributed by atoms with van der Waals surface area (Å²) < 4.78 is 9.85. The van der Waals surface area contributed by atoms with Gasteiger partial charge in [0.15, 0.2) is 0 Å². The molecule has 106 valence electrons. The molecule has 0 aromatic heterocycles. The molecule has 4 nitrogen and oxygen atoms in total. The molecule has 0 aliphatic rings. The average Bonchev–Trinajstić information content (AvgIpc) is 2.50. The third kappa shape index (κ3) is 3.94. The summed E-state index contributed by atoms with van der Waals surface area (Å²) in [6, 6.07) is 9.25. The summed E-state index contributed by atoms with van der Waals surface area (Å²) in [5, 5.41) is 9.26. The van der Waals surface area contributed by atoms with Crippen molar-refractivity contribution in [2.75, 3.05) is 20.8 Å². The van der Waals surface area contributed by atoms with Gasteiger partial charge in [0.2, 0.25) is 0 Å². The van der Waals surface area contributed by atoms with Crippen LogP contribution in [0.1, 0.15) is 35.7 Å². The molecule has 0 N–H and O–H groups in total. The monoisotopic (exact) mass is 273 g/mol. The van der Waals surface area contributed by atoms with E-state index in [2.05, 4.69) is 10.8 Å². The first kappa shape index (κ1) is 15.9. The highest BCUT2D eigenvalue weighted by Gasteiger charge is 2.11. The highest BCUT2D eigenvalue weighted by atomic mass is 16.5. The van der Waals surface area contributed by atoms with E-state index in [-0.39, 0.29) is 5.97 Å². The van der Waals surface area contributed by atoms with Crippen molar-refractivity contribution < 1.29 is 14.3 Å². The van der Waals surface area contributed by atoms with E-state index < -0.39 is 0 Å². The van der Waals surface area contributed by atoms with Crippen LogP contribution in [0.3, 0.4) is 0 Å². The minimum absolute atomic E-state index is 0.372. The molecule has 0 radical (unpaired) electrons. The predicted octanol–water partition coefficient (Wildman–Crippen LogP) is 3.20. The van der Waals surface area contributed by atoms with Gasteiger partial charge in [-0.25, -0.2) is 4.79 Å². The molecular weight excluding hydrogens is 254 g/mol. The van der Waals surface area contributed by atoms with Gasteiger partial charge < -0.3 is 9.47 Å². The van der Waals surface area contributed by atoms with Crippen molar-refractivity contribution in [1.82, 2.24) is 0 Å². The Morgan fingerprint density at radius 2 is 1.80 bits per heavy atom. The maximum absolute atomic E-state index is 11.4. The van der Waals surface area contributed by atoms with Crippen molar-refractivity contribution in [3.05, 3.63) is 41.0 Å². The number of rotatable bonds is 6. The summed E-state index contributed by atoms with van der Waals surface area (Å²) in [5.41, 5.74) is 2.97. The first-order chi connectivity index (χ1) is 9.67. The Kier molecular flexibility index (Phi) is 6.48. The lowest BCUT2D eigenvalue weighted by atomic mass is 9.97. The maximum atomic E-state index is 11.4. The predicted molar refractivity (Wildman–Crippen MR) is 77.1 cm³/mol. The molecule has 0 fully saturated rings. The summed E-state index contributed by atoms with van der Waals surface area (Å²) in [7, 11) is 2.95. The standard InChI is InChI=1S/C16H19NO3/c1-4-5-14(10-17)15(11-19-2)12-6-8-13(9-7-12)16(18)20-3/h6-9H,4-5,11H2,1-3H3/b15-14-. The molecule has 1 aromatic carbocycles. The lowest BCUT2D eigenvalue weighted by Crippen LogP contribution is -2.02. The fourth-order valence-electron chi connectivity index (χ4n) is 1.94. The van der Waals surface area contributed by atoms with Crippen molar-refractivity contribution in [3.8, 4) is 6.07 Å². The van der Waals surface area contributed by atoms with Crippen LogP contribution in [0.25, 0.3) is 5.57 Å². The Bertz CT molecular complexity index is 524. The van der Waals surface area contributed by atoms with E-state index in [0.29, 0.717) is 18.6 Å². The van der Waals surface area contributed by atoms with E-state index in [9.17, 15) is 10.1 Å². The van der Waals surface area contributed by atoms with Crippen LogP contribution in [0.5, 0.6) is 0 Å². The van der Waals surface area contributed by atoms with Crippen LogP contribution in [0.2, 0.25) is 0 Å². The van der Waals surface area contributed by atoms with Crippen molar-refractivity contribution in [1.29, 1.82) is 5.26 Å². The number of allylic oxidation sites excluding steroid dienone is 1. The van der Waals surface area contributed by atoms with Gasteiger partial charge in [-0.15, -0.1) is 0 Å². The lowest BCUT2D eigenvalue weighted by molar-refractivity contribution is 0.0600. The Hall–Kier alpha value is -2.12. The summed E-state index contributed by atoms with van der Waals surface area (Å²) in [6.45, 7) is 2.41. The van der Waals surface area contributed by atoms with Crippen LogP contribution >= 0.6 is 0 Å². The van der Waals surface area contributed by atoms with Gasteiger partial charge in [0.05, 0.1) is 25.3 Å². The first-order valence-corrected chi connectivity index (χ1v) is 6.47. The first-order valence-electron chi connectivity index (χ1n) is 6.47. The van der Waals surface area contributed by atoms with Crippen molar-refractivity contribution in [2.24, 2.45) is 0 Å². The summed E-state index contributed by atoms with van der Waals surface area (Å²) in [4.78, 5) is 11.4. The average molecular weight is 273 g/mol. The molecule has 0 bridgehead atoms. The highest BCUT2D eigenvalue weighted by Crippen LogP contribution is 2.22. The van der Waals surface area contributed by atoms with Gasteiger partial charge in [-0.3, -0.25) is 0 Å². The molecule has 0 saturated heterocycles. The van der Waals surface area contributed by atoms with Crippen LogP contribution in [0.15, 0.2) is 29.8 Å². The molecule has 0 heterocycles. The smallest absolute Gasteiger partial charge is 0.337 e. The second-order valence-electron chi connectivity index (χ2n) is 4.32. The topological polar surface area (TPSA) is 59.3 Å². The fourth-order valence-corrected chi connectivity index (χ4v) is 1.94. The second-order valence-corrected chi connectivity index (χ2v) is 4.32. The Balaban J connectivity index is 3.16. The number of carbonyl (C=O) groups is 1. The molecule has 0 unspecified atom stereocenters. The van der Waals surface area contributed by atoms with Gasteiger partial charge in [-0.1, -0.05) is 25.5 Å². The van der Waals surface area contributed by atoms with Gasteiger partial charge in [0, 0.05) is 12.7 Å². The van der Waals surface area contributed by atoms with Crippen LogP contribution in [-0.4, -0.2) is 26.8 Å². The van der Waals surface area contributed by atoms with Crippen molar-refractivity contribution >= 4 is 11.5 Å². The quantitative estimate of drug-likeness (QED) is 0.590. The van der Waals surface area contributed by atoms with E-state index in [1.165, 1.54) is 7.11 Å². The number of nitriles is 1. The molecule has 1 rings (SSSR count). The van der Waals surface area contributed by atoms with Gasteiger partial charge >= 0.3 is 5.97 Å². The van der Waals surface area contributed by atoms with E-state index in [1.54, 1.807) is 19.2 Å². The number of hydrogen-bond donors (Lipinski definition) is 0. The van der Waals surface area contributed by atoms with Crippen molar-refractivity contribution in [2.45, 2.75) is 19.8 Å². The third-order valence-corrected chi connectivity index (χ3v) is 2.94. The minimum atomic E-state index is -0.372. The van der Waals surface area contributed by atoms with E-state index in [4.69, 9.17) is 4.74 Å². The molecule has 20 heavy (non-hydrogen) atoms. The number of esters is 1. The number of benzene rings is 1. The van der Waals surface area contributed by atoms with E-state index >= 15 is 0 Å². The number of hydrogen-bond acceptors (Lipinski definition) is 4. The zero-order valence-electron chi connectivity index (χ0n) is 12.1. The Morgan fingerprint density at radius 3 is 2.25 bits per heavy atom. The molecule has 0 spiro atoms. The normalized spacial score (nSPS) is 11.5. The van der Waals surface area contributed by atoms with Gasteiger partial charge in [0.1, 0.15) is 0 Å². The molecule has 0 aliphatic carbocycles. The van der Waals surface area contributed by atoms with Crippen LogP contribution < -0.4 is 0 Å². The molecule has 0 saturated carbocycles. The zero-order chi connectivity index (χ0) is 15.0. The van der Waals surface area contributed by atoms with Crippen LogP contribution in [0, 0.1) is 11.3 Å². The lowest BCUT2D eigenvalue weighted by Gasteiger charge is -2.10. The third-order valence-electron chi connectivity index (χ3n) is 2.94. The Labute approximate surface area is 119 Å². The van der Waals surface area contributed by atoms with E-state index in [1.807, 2.05) is 19.1 Å².